The van der Waals surface area contributed by atoms with Crippen molar-refractivity contribution in [1.29, 1.82) is 0 Å². The average molecular weight is 302 g/mol. The highest BCUT2D eigenvalue weighted by molar-refractivity contribution is 7.98. The van der Waals surface area contributed by atoms with E-state index in [4.69, 9.17) is 5.73 Å². The van der Waals surface area contributed by atoms with Crippen LogP contribution in [0.5, 0.6) is 0 Å². The fourth-order valence-corrected chi connectivity index (χ4v) is 4.02. The fourth-order valence-electron chi connectivity index (χ4n) is 1.72. The smallest absolute Gasteiger partial charge is 0.216 e. The van der Waals surface area contributed by atoms with Crippen molar-refractivity contribution in [2.24, 2.45) is 5.73 Å². The van der Waals surface area contributed by atoms with Gasteiger partial charge in [0.05, 0.1) is 5.75 Å². The summed E-state index contributed by atoms with van der Waals surface area (Å²) in [5, 5.41) is 0. The Balaban J connectivity index is 2.67. The first kappa shape index (κ1) is 16.5. The molecular weight excluding hydrogens is 280 g/mol. The van der Waals surface area contributed by atoms with E-state index in [0.717, 1.165) is 23.3 Å². The first-order valence-corrected chi connectivity index (χ1v) is 9.32. The van der Waals surface area contributed by atoms with Crippen molar-refractivity contribution in [3.63, 3.8) is 0 Å². The lowest BCUT2D eigenvalue weighted by atomic mass is 10.1. The van der Waals surface area contributed by atoms with Crippen molar-refractivity contribution < 1.29 is 8.42 Å². The highest BCUT2D eigenvalue weighted by Crippen LogP contribution is 2.09. The molecule has 4 nitrogen and oxygen atoms in total. The van der Waals surface area contributed by atoms with Crippen LogP contribution >= 0.6 is 11.8 Å². The predicted molar refractivity (Wildman–Crippen MR) is 82.6 cm³/mol. The van der Waals surface area contributed by atoms with Gasteiger partial charge in [0.1, 0.15) is 0 Å². The van der Waals surface area contributed by atoms with Crippen molar-refractivity contribution in [2.45, 2.75) is 31.7 Å². The van der Waals surface area contributed by atoms with Crippen LogP contribution in [0.3, 0.4) is 0 Å². The molecule has 19 heavy (non-hydrogen) atoms. The molecule has 1 aromatic rings. The molecule has 0 aliphatic carbocycles. The second-order valence-corrected chi connectivity index (χ2v) is 7.12. The number of sulfonamides is 1. The quantitative estimate of drug-likeness (QED) is 0.767. The van der Waals surface area contributed by atoms with Crippen molar-refractivity contribution in [3.8, 4) is 0 Å². The summed E-state index contributed by atoms with van der Waals surface area (Å²) in [6.45, 7) is 2.45. The minimum absolute atomic E-state index is 0.00307. The zero-order valence-electron chi connectivity index (χ0n) is 11.4. The van der Waals surface area contributed by atoms with E-state index in [2.05, 4.69) is 4.72 Å². The fraction of sp³-hybridized carbons (Fsp3) is 0.538. The second kappa shape index (κ2) is 7.89. The molecule has 0 bridgehead atoms. The third-order valence-corrected chi connectivity index (χ3v) is 4.96. The zero-order chi connectivity index (χ0) is 14.3. The molecule has 1 aromatic carbocycles. The molecule has 0 aliphatic rings. The topological polar surface area (TPSA) is 72.2 Å². The molecule has 0 aromatic heterocycles. The van der Waals surface area contributed by atoms with Crippen molar-refractivity contribution in [2.75, 3.05) is 12.0 Å². The van der Waals surface area contributed by atoms with E-state index in [-0.39, 0.29) is 11.8 Å². The second-order valence-electron chi connectivity index (χ2n) is 4.46. The molecule has 0 aliphatic heterocycles. The number of benzene rings is 1. The SMILES string of the molecule is CCC(CSC)NS(=O)(=O)Cc1ccc(CN)cc1. The largest absolute Gasteiger partial charge is 0.326 e. The molecule has 0 amide bonds. The van der Waals surface area contributed by atoms with Crippen LogP contribution in [-0.4, -0.2) is 26.5 Å². The average Bonchev–Trinajstić information content (AvgIpc) is 2.38. The van der Waals surface area contributed by atoms with E-state index in [9.17, 15) is 8.42 Å². The van der Waals surface area contributed by atoms with Crippen LogP contribution in [0.25, 0.3) is 0 Å². The Labute approximate surface area is 120 Å². The first-order valence-electron chi connectivity index (χ1n) is 6.27. The Morgan fingerprint density at radius 1 is 1.26 bits per heavy atom. The summed E-state index contributed by atoms with van der Waals surface area (Å²) in [6.07, 6.45) is 2.77. The third kappa shape index (κ3) is 5.95. The van der Waals surface area contributed by atoms with Gasteiger partial charge < -0.3 is 5.73 Å². The lowest BCUT2D eigenvalue weighted by Crippen LogP contribution is -2.36. The van der Waals surface area contributed by atoms with Crippen LogP contribution in [0.15, 0.2) is 24.3 Å². The number of rotatable bonds is 8. The molecule has 1 rings (SSSR count). The van der Waals surface area contributed by atoms with Gasteiger partial charge in [0.2, 0.25) is 10.0 Å². The van der Waals surface area contributed by atoms with Gasteiger partial charge >= 0.3 is 0 Å². The van der Waals surface area contributed by atoms with Gasteiger partial charge in [-0.25, -0.2) is 13.1 Å². The molecule has 108 valence electrons. The molecule has 0 heterocycles. The van der Waals surface area contributed by atoms with Crippen molar-refractivity contribution >= 4 is 21.8 Å². The summed E-state index contributed by atoms with van der Waals surface area (Å²) in [5.74, 6) is 0.810. The Kier molecular flexibility index (Phi) is 6.85. The molecule has 0 spiro atoms. The maximum absolute atomic E-state index is 12.1. The standard InChI is InChI=1S/C13H22N2O2S2/c1-3-13(9-18-2)15-19(16,17)10-12-6-4-11(8-14)5-7-12/h4-7,13,15H,3,8-10,14H2,1-2H3. The summed E-state index contributed by atoms with van der Waals surface area (Å²) >= 11 is 1.65. The monoisotopic (exact) mass is 302 g/mol. The number of nitrogens with one attached hydrogen (secondary N) is 1. The zero-order valence-corrected chi connectivity index (χ0v) is 13.1. The molecule has 0 saturated carbocycles. The van der Waals surface area contributed by atoms with Crippen LogP contribution in [0.4, 0.5) is 0 Å². The summed E-state index contributed by atoms with van der Waals surface area (Å²) in [6, 6.07) is 7.37. The lowest BCUT2D eigenvalue weighted by molar-refractivity contribution is 0.557. The Morgan fingerprint density at radius 3 is 2.32 bits per heavy atom. The van der Waals surface area contributed by atoms with Crippen LogP contribution in [0.2, 0.25) is 0 Å². The summed E-state index contributed by atoms with van der Waals surface area (Å²) in [7, 11) is -3.28. The number of hydrogen-bond donors (Lipinski definition) is 2. The Bertz CT molecular complexity index is 472. The minimum atomic E-state index is -3.28. The number of hydrogen-bond acceptors (Lipinski definition) is 4. The summed E-state index contributed by atoms with van der Waals surface area (Å²) < 4.78 is 26.9. The molecule has 0 fully saturated rings. The van der Waals surface area contributed by atoms with Crippen LogP contribution in [0, 0.1) is 0 Å². The van der Waals surface area contributed by atoms with Crippen LogP contribution < -0.4 is 10.5 Å². The molecule has 1 unspecified atom stereocenters. The van der Waals surface area contributed by atoms with E-state index in [1.807, 2.05) is 37.4 Å². The highest BCUT2D eigenvalue weighted by Gasteiger charge is 2.16. The van der Waals surface area contributed by atoms with E-state index in [1.54, 1.807) is 11.8 Å². The number of thioether (sulfide) groups is 1. The van der Waals surface area contributed by atoms with E-state index < -0.39 is 10.0 Å². The molecule has 6 heteroatoms. The molecule has 1 atom stereocenters. The molecular formula is C13H22N2O2S2. The number of nitrogens with two attached hydrogens (primary N) is 1. The van der Waals surface area contributed by atoms with E-state index in [1.165, 1.54) is 0 Å². The van der Waals surface area contributed by atoms with Gasteiger partial charge in [-0.3, -0.25) is 0 Å². The van der Waals surface area contributed by atoms with Crippen LogP contribution in [0.1, 0.15) is 24.5 Å². The van der Waals surface area contributed by atoms with E-state index >= 15 is 0 Å². The minimum Gasteiger partial charge on any atom is -0.326 e. The van der Waals surface area contributed by atoms with Gasteiger partial charge in [-0.2, -0.15) is 11.8 Å². The van der Waals surface area contributed by atoms with E-state index in [0.29, 0.717) is 6.54 Å². The Hall–Kier alpha value is -0.560. The van der Waals surface area contributed by atoms with Crippen LogP contribution in [-0.2, 0) is 22.3 Å². The predicted octanol–water partition coefficient (Wildman–Crippen LogP) is 1.71. The maximum atomic E-state index is 12.1. The molecule has 3 N–H and O–H groups in total. The summed E-state index contributed by atoms with van der Waals surface area (Å²) in [5.41, 5.74) is 7.30. The highest BCUT2D eigenvalue weighted by atomic mass is 32.2. The van der Waals surface area contributed by atoms with Gasteiger partial charge in [-0.05, 0) is 23.8 Å². The third-order valence-electron chi connectivity index (χ3n) is 2.82. The van der Waals surface area contributed by atoms with Gasteiger partial charge in [-0.1, -0.05) is 31.2 Å². The molecule has 0 radical (unpaired) electrons. The van der Waals surface area contributed by atoms with Gasteiger partial charge in [-0.15, -0.1) is 0 Å². The lowest BCUT2D eigenvalue weighted by Gasteiger charge is -2.16. The summed E-state index contributed by atoms with van der Waals surface area (Å²) in [4.78, 5) is 0. The maximum Gasteiger partial charge on any atom is 0.216 e. The van der Waals surface area contributed by atoms with Crippen molar-refractivity contribution in [1.82, 2.24) is 4.72 Å². The van der Waals surface area contributed by atoms with Crippen molar-refractivity contribution in [3.05, 3.63) is 35.4 Å². The van der Waals surface area contributed by atoms with Gasteiger partial charge in [0.25, 0.3) is 0 Å². The van der Waals surface area contributed by atoms with Gasteiger partial charge in [0.15, 0.2) is 0 Å². The normalized spacial score (nSPS) is 13.4. The first-order chi connectivity index (χ1) is 9.00. The Morgan fingerprint density at radius 2 is 1.84 bits per heavy atom. The van der Waals surface area contributed by atoms with Gasteiger partial charge in [0, 0.05) is 18.3 Å². The molecule has 0 saturated heterocycles.